The quantitative estimate of drug-likeness (QED) is 0.814. The van der Waals surface area contributed by atoms with Crippen LogP contribution in [-0.2, 0) is 4.79 Å². The molecule has 0 aliphatic carbocycles. The van der Waals surface area contributed by atoms with E-state index in [-0.39, 0.29) is 17.4 Å². The number of para-hydroxylation sites is 3. The SMILES string of the molecule is COc1ccccc1OC(C)C(=O)Nc1ccccc1C(=O)NC(C)(C)C. The Kier molecular flexibility index (Phi) is 6.45. The van der Waals surface area contributed by atoms with Crippen molar-refractivity contribution < 1.29 is 19.1 Å². The van der Waals surface area contributed by atoms with E-state index in [1.807, 2.05) is 26.8 Å². The van der Waals surface area contributed by atoms with Gasteiger partial charge in [0.1, 0.15) is 0 Å². The van der Waals surface area contributed by atoms with Crippen molar-refractivity contribution in [3.05, 3.63) is 54.1 Å². The summed E-state index contributed by atoms with van der Waals surface area (Å²) >= 11 is 0. The van der Waals surface area contributed by atoms with Crippen molar-refractivity contribution in [1.82, 2.24) is 5.32 Å². The van der Waals surface area contributed by atoms with E-state index in [9.17, 15) is 9.59 Å². The number of nitrogens with one attached hydrogen (secondary N) is 2. The van der Waals surface area contributed by atoms with Gasteiger partial charge in [0.25, 0.3) is 11.8 Å². The lowest BCUT2D eigenvalue weighted by Crippen LogP contribution is -2.41. The Morgan fingerprint density at radius 3 is 2.19 bits per heavy atom. The van der Waals surface area contributed by atoms with Crippen LogP contribution in [0.4, 0.5) is 5.69 Å². The van der Waals surface area contributed by atoms with Crippen molar-refractivity contribution in [2.75, 3.05) is 12.4 Å². The summed E-state index contributed by atoms with van der Waals surface area (Å²) in [7, 11) is 1.54. The fourth-order valence-corrected chi connectivity index (χ4v) is 2.39. The molecule has 0 aliphatic heterocycles. The molecule has 0 spiro atoms. The predicted molar refractivity (Wildman–Crippen MR) is 105 cm³/mol. The number of carbonyl (C=O) groups excluding carboxylic acids is 2. The van der Waals surface area contributed by atoms with Crippen LogP contribution in [0, 0.1) is 0 Å². The van der Waals surface area contributed by atoms with E-state index in [0.717, 1.165) is 0 Å². The van der Waals surface area contributed by atoms with Gasteiger partial charge in [-0.2, -0.15) is 0 Å². The van der Waals surface area contributed by atoms with Gasteiger partial charge in [-0.15, -0.1) is 0 Å². The van der Waals surface area contributed by atoms with Gasteiger partial charge in [0, 0.05) is 5.54 Å². The monoisotopic (exact) mass is 370 g/mol. The molecule has 2 N–H and O–H groups in total. The van der Waals surface area contributed by atoms with Crippen LogP contribution < -0.4 is 20.1 Å². The Hall–Kier alpha value is -3.02. The summed E-state index contributed by atoms with van der Waals surface area (Å²) in [5.41, 5.74) is 0.444. The first-order valence-electron chi connectivity index (χ1n) is 8.73. The number of methoxy groups -OCH3 is 1. The lowest BCUT2D eigenvalue weighted by Gasteiger charge is -2.22. The van der Waals surface area contributed by atoms with Crippen LogP contribution in [0.5, 0.6) is 11.5 Å². The number of hydrogen-bond donors (Lipinski definition) is 2. The van der Waals surface area contributed by atoms with E-state index in [4.69, 9.17) is 9.47 Å². The minimum atomic E-state index is -0.778. The number of rotatable bonds is 6. The Balaban J connectivity index is 2.12. The molecular weight excluding hydrogens is 344 g/mol. The average Bonchev–Trinajstić information content (AvgIpc) is 2.61. The van der Waals surface area contributed by atoms with E-state index < -0.39 is 6.10 Å². The molecule has 6 heteroatoms. The maximum Gasteiger partial charge on any atom is 0.265 e. The molecule has 0 heterocycles. The molecule has 0 aliphatic rings. The van der Waals surface area contributed by atoms with Crippen molar-refractivity contribution in [3.63, 3.8) is 0 Å². The highest BCUT2D eigenvalue weighted by Crippen LogP contribution is 2.27. The maximum atomic E-state index is 12.6. The van der Waals surface area contributed by atoms with Crippen LogP contribution in [0.2, 0.25) is 0 Å². The fourth-order valence-electron chi connectivity index (χ4n) is 2.39. The largest absolute Gasteiger partial charge is 0.493 e. The third-order valence-corrected chi connectivity index (χ3v) is 3.66. The van der Waals surface area contributed by atoms with Crippen LogP contribution in [-0.4, -0.2) is 30.6 Å². The zero-order valence-electron chi connectivity index (χ0n) is 16.3. The molecule has 2 rings (SSSR count). The standard InChI is InChI=1S/C21H26N2O4/c1-14(27-18-13-9-8-12-17(18)26-5)19(24)22-16-11-7-6-10-15(16)20(25)23-21(2,3)4/h6-14H,1-5H3,(H,22,24)(H,23,25). The van der Waals surface area contributed by atoms with Crippen LogP contribution >= 0.6 is 0 Å². The third-order valence-electron chi connectivity index (χ3n) is 3.66. The lowest BCUT2D eigenvalue weighted by atomic mass is 10.1. The highest BCUT2D eigenvalue weighted by Gasteiger charge is 2.21. The third kappa shape index (κ3) is 5.74. The molecular formula is C21H26N2O4. The highest BCUT2D eigenvalue weighted by molar-refractivity contribution is 6.04. The summed E-state index contributed by atoms with van der Waals surface area (Å²) in [5.74, 6) is 0.400. The minimum absolute atomic E-state index is 0.253. The van der Waals surface area contributed by atoms with Crippen LogP contribution in [0.25, 0.3) is 0 Å². The van der Waals surface area contributed by atoms with Gasteiger partial charge in [0.15, 0.2) is 17.6 Å². The van der Waals surface area contributed by atoms with E-state index in [1.54, 1.807) is 49.4 Å². The van der Waals surface area contributed by atoms with Gasteiger partial charge in [0.05, 0.1) is 18.4 Å². The summed E-state index contributed by atoms with van der Waals surface area (Å²) in [6.45, 7) is 7.33. The second kappa shape index (κ2) is 8.58. The van der Waals surface area contributed by atoms with Gasteiger partial charge in [-0.05, 0) is 52.0 Å². The smallest absolute Gasteiger partial charge is 0.265 e. The van der Waals surface area contributed by atoms with E-state index in [2.05, 4.69) is 10.6 Å². The second-order valence-corrected chi connectivity index (χ2v) is 7.15. The molecule has 2 aromatic carbocycles. The first-order chi connectivity index (χ1) is 12.7. The average molecular weight is 370 g/mol. The highest BCUT2D eigenvalue weighted by atomic mass is 16.5. The second-order valence-electron chi connectivity index (χ2n) is 7.15. The zero-order chi connectivity index (χ0) is 20.0. The zero-order valence-corrected chi connectivity index (χ0v) is 16.3. The van der Waals surface area contributed by atoms with Crippen molar-refractivity contribution in [1.29, 1.82) is 0 Å². The first kappa shape index (κ1) is 20.3. The van der Waals surface area contributed by atoms with Gasteiger partial charge < -0.3 is 20.1 Å². The van der Waals surface area contributed by atoms with E-state index >= 15 is 0 Å². The molecule has 0 radical (unpaired) electrons. The molecule has 1 atom stereocenters. The minimum Gasteiger partial charge on any atom is -0.493 e. The Morgan fingerprint density at radius 1 is 0.963 bits per heavy atom. The van der Waals surface area contributed by atoms with E-state index in [1.165, 1.54) is 7.11 Å². The van der Waals surface area contributed by atoms with Gasteiger partial charge in [-0.3, -0.25) is 9.59 Å². The lowest BCUT2D eigenvalue weighted by molar-refractivity contribution is -0.122. The Bertz CT molecular complexity index is 812. The summed E-state index contributed by atoms with van der Waals surface area (Å²) in [6.07, 6.45) is -0.778. The number of benzene rings is 2. The maximum absolute atomic E-state index is 12.6. The topological polar surface area (TPSA) is 76.7 Å². The molecule has 2 aromatic rings. The van der Waals surface area contributed by atoms with Gasteiger partial charge >= 0.3 is 0 Å². The van der Waals surface area contributed by atoms with Crippen molar-refractivity contribution in [2.24, 2.45) is 0 Å². The van der Waals surface area contributed by atoms with Crippen LogP contribution in [0.15, 0.2) is 48.5 Å². The Morgan fingerprint density at radius 2 is 1.56 bits per heavy atom. The normalized spacial score (nSPS) is 12.0. The molecule has 27 heavy (non-hydrogen) atoms. The summed E-state index contributed by atoms with van der Waals surface area (Å²) in [6, 6.07) is 14.0. The van der Waals surface area contributed by atoms with Gasteiger partial charge in [-0.25, -0.2) is 0 Å². The molecule has 0 aromatic heterocycles. The molecule has 6 nitrogen and oxygen atoms in total. The first-order valence-corrected chi connectivity index (χ1v) is 8.73. The van der Waals surface area contributed by atoms with Gasteiger partial charge in [0.2, 0.25) is 0 Å². The number of anilines is 1. The summed E-state index contributed by atoms with van der Waals surface area (Å²) < 4.78 is 10.9. The number of hydrogen-bond acceptors (Lipinski definition) is 4. The van der Waals surface area contributed by atoms with Crippen molar-refractivity contribution in [2.45, 2.75) is 39.3 Å². The molecule has 0 fully saturated rings. The van der Waals surface area contributed by atoms with Crippen LogP contribution in [0.3, 0.4) is 0 Å². The number of ether oxygens (including phenoxy) is 2. The predicted octanol–water partition coefficient (Wildman–Crippen LogP) is 3.63. The molecule has 0 saturated heterocycles. The summed E-state index contributed by atoms with van der Waals surface area (Å²) in [5, 5.41) is 5.66. The number of carbonyl (C=O) groups is 2. The molecule has 0 saturated carbocycles. The van der Waals surface area contributed by atoms with Crippen molar-refractivity contribution >= 4 is 17.5 Å². The van der Waals surface area contributed by atoms with Crippen LogP contribution in [0.1, 0.15) is 38.1 Å². The number of amides is 2. The van der Waals surface area contributed by atoms with E-state index in [0.29, 0.717) is 22.7 Å². The molecule has 2 amide bonds. The molecule has 0 bridgehead atoms. The molecule has 144 valence electrons. The summed E-state index contributed by atoms with van der Waals surface area (Å²) in [4.78, 5) is 25.1. The van der Waals surface area contributed by atoms with Crippen molar-refractivity contribution in [3.8, 4) is 11.5 Å². The molecule has 1 unspecified atom stereocenters. The van der Waals surface area contributed by atoms with Gasteiger partial charge in [-0.1, -0.05) is 24.3 Å². The fraction of sp³-hybridized carbons (Fsp3) is 0.333. The Labute approximate surface area is 159 Å².